The lowest BCUT2D eigenvalue weighted by Gasteiger charge is -2.32. The van der Waals surface area contributed by atoms with Gasteiger partial charge in [0.15, 0.2) is 0 Å². The van der Waals surface area contributed by atoms with Gasteiger partial charge in [-0.25, -0.2) is 0 Å². The highest BCUT2D eigenvalue weighted by molar-refractivity contribution is 4.76. The predicted molar refractivity (Wildman–Crippen MR) is 57.4 cm³/mol. The molecule has 0 amide bonds. The van der Waals surface area contributed by atoms with Crippen molar-refractivity contribution in [2.45, 2.75) is 51.7 Å². The molecule has 0 spiro atoms. The molecule has 0 aromatic rings. The van der Waals surface area contributed by atoms with Gasteiger partial charge >= 0.3 is 0 Å². The van der Waals surface area contributed by atoms with E-state index in [0.717, 1.165) is 12.8 Å². The molecular formula is C11H24O3. The van der Waals surface area contributed by atoms with E-state index in [2.05, 4.69) is 6.92 Å². The van der Waals surface area contributed by atoms with Gasteiger partial charge in [0.1, 0.15) is 0 Å². The zero-order valence-corrected chi connectivity index (χ0v) is 10.1. The van der Waals surface area contributed by atoms with Crippen LogP contribution in [0.1, 0.15) is 40.5 Å². The van der Waals surface area contributed by atoms with E-state index < -0.39 is 5.60 Å². The highest BCUT2D eigenvalue weighted by Gasteiger charge is 2.27. The van der Waals surface area contributed by atoms with Crippen LogP contribution in [-0.2, 0) is 9.47 Å². The second-order valence-corrected chi connectivity index (χ2v) is 4.61. The van der Waals surface area contributed by atoms with Crippen molar-refractivity contribution in [3.05, 3.63) is 0 Å². The van der Waals surface area contributed by atoms with Crippen LogP contribution in [0.5, 0.6) is 0 Å². The van der Waals surface area contributed by atoms with E-state index in [9.17, 15) is 5.11 Å². The van der Waals surface area contributed by atoms with E-state index >= 15 is 0 Å². The monoisotopic (exact) mass is 204 g/mol. The Labute approximate surface area is 87.4 Å². The number of aliphatic hydroxyl groups excluding tert-OH is 1. The van der Waals surface area contributed by atoms with E-state index in [1.165, 1.54) is 0 Å². The Morgan fingerprint density at radius 1 is 1.21 bits per heavy atom. The van der Waals surface area contributed by atoms with E-state index in [4.69, 9.17) is 9.47 Å². The maximum absolute atomic E-state index is 9.22. The summed E-state index contributed by atoms with van der Waals surface area (Å²) in [6, 6.07) is 0. The summed E-state index contributed by atoms with van der Waals surface area (Å²) in [5, 5.41) is 9.22. The van der Waals surface area contributed by atoms with Crippen LogP contribution in [0.3, 0.4) is 0 Å². The van der Waals surface area contributed by atoms with Crippen LogP contribution in [0.25, 0.3) is 0 Å². The lowest BCUT2D eigenvalue weighted by atomic mass is 10.0. The quantitative estimate of drug-likeness (QED) is 0.689. The molecule has 0 rings (SSSR count). The molecule has 3 nitrogen and oxygen atoms in total. The molecule has 0 saturated carbocycles. The molecule has 1 unspecified atom stereocenters. The summed E-state index contributed by atoms with van der Waals surface area (Å²) < 4.78 is 10.9. The third-order valence-electron chi connectivity index (χ3n) is 2.43. The SMILES string of the molecule is CCCC(C)(CO)OCC(C)(C)OC. The molecule has 0 bridgehead atoms. The molecule has 0 aliphatic rings. The maximum Gasteiger partial charge on any atom is 0.0885 e. The summed E-state index contributed by atoms with van der Waals surface area (Å²) in [4.78, 5) is 0. The smallest absolute Gasteiger partial charge is 0.0885 e. The molecule has 0 saturated heterocycles. The highest BCUT2D eigenvalue weighted by Crippen LogP contribution is 2.20. The van der Waals surface area contributed by atoms with Gasteiger partial charge < -0.3 is 14.6 Å². The molecular weight excluding hydrogens is 180 g/mol. The van der Waals surface area contributed by atoms with E-state index in [0.29, 0.717) is 6.61 Å². The van der Waals surface area contributed by atoms with Gasteiger partial charge in [-0.1, -0.05) is 13.3 Å². The molecule has 0 aliphatic heterocycles. The molecule has 3 heteroatoms. The molecule has 0 aliphatic carbocycles. The Morgan fingerprint density at radius 3 is 2.14 bits per heavy atom. The van der Waals surface area contributed by atoms with Gasteiger partial charge in [0, 0.05) is 7.11 Å². The first-order valence-corrected chi connectivity index (χ1v) is 5.19. The van der Waals surface area contributed by atoms with Crippen molar-refractivity contribution in [3.8, 4) is 0 Å². The van der Waals surface area contributed by atoms with Crippen LogP contribution < -0.4 is 0 Å². The van der Waals surface area contributed by atoms with Gasteiger partial charge in [-0.2, -0.15) is 0 Å². The third-order valence-corrected chi connectivity index (χ3v) is 2.43. The van der Waals surface area contributed by atoms with Gasteiger partial charge in [0.2, 0.25) is 0 Å². The van der Waals surface area contributed by atoms with Gasteiger partial charge in [-0.3, -0.25) is 0 Å². The van der Waals surface area contributed by atoms with Gasteiger partial charge in [0.05, 0.1) is 24.4 Å². The average molecular weight is 204 g/mol. The minimum Gasteiger partial charge on any atom is -0.393 e. The number of rotatable bonds is 7. The van der Waals surface area contributed by atoms with Crippen LogP contribution >= 0.6 is 0 Å². The van der Waals surface area contributed by atoms with Crippen molar-refractivity contribution in [2.24, 2.45) is 0 Å². The Kier molecular flexibility index (Phi) is 5.64. The van der Waals surface area contributed by atoms with Crippen molar-refractivity contribution in [1.29, 1.82) is 0 Å². The van der Waals surface area contributed by atoms with Gasteiger partial charge in [-0.15, -0.1) is 0 Å². The normalized spacial score (nSPS) is 16.7. The summed E-state index contributed by atoms with van der Waals surface area (Å²) >= 11 is 0. The summed E-state index contributed by atoms with van der Waals surface area (Å²) in [5.41, 5.74) is -0.714. The molecule has 1 N–H and O–H groups in total. The van der Waals surface area contributed by atoms with Gasteiger partial charge in [-0.05, 0) is 27.2 Å². The fraction of sp³-hybridized carbons (Fsp3) is 1.00. The lowest BCUT2D eigenvalue weighted by Crippen LogP contribution is -2.39. The van der Waals surface area contributed by atoms with Crippen LogP contribution in [0.2, 0.25) is 0 Å². The number of methoxy groups -OCH3 is 1. The minimum absolute atomic E-state index is 0.0562. The molecule has 0 heterocycles. The Hall–Kier alpha value is -0.120. The maximum atomic E-state index is 9.22. The summed E-state index contributed by atoms with van der Waals surface area (Å²) in [7, 11) is 1.67. The van der Waals surface area contributed by atoms with Crippen LogP contribution in [0.15, 0.2) is 0 Å². The largest absolute Gasteiger partial charge is 0.393 e. The van der Waals surface area contributed by atoms with E-state index in [1.54, 1.807) is 7.11 Å². The predicted octanol–water partition coefficient (Wildman–Crippen LogP) is 1.98. The van der Waals surface area contributed by atoms with Crippen molar-refractivity contribution in [1.82, 2.24) is 0 Å². The zero-order valence-electron chi connectivity index (χ0n) is 10.1. The van der Waals surface area contributed by atoms with Crippen LogP contribution in [0, 0.1) is 0 Å². The average Bonchev–Trinajstić information content (AvgIpc) is 2.16. The van der Waals surface area contributed by atoms with Gasteiger partial charge in [0.25, 0.3) is 0 Å². The van der Waals surface area contributed by atoms with Crippen molar-refractivity contribution >= 4 is 0 Å². The first-order chi connectivity index (χ1) is 6.39. The zero-order chi connectivity index (χ0) is 11.2. The Morgan fingerprint density at radius 2 is 1.79 bits per heavy atom. The topological polar surface area (TPSA) is 38.7 Å². The first kappa shape index (κ1) is 13.9. The summed E-state index contributed by atoms with van der Waals surface area (Å²) in [5.74, 6) is 0. The first-order valence-electron chi connectivity index (χ1n) is 5.19. The van der Waals surface area contributed by atoms with E-state index in [1.807, 2.05) is 20.8 Å². The fourth-order valence-corrected chi connectivity index (χ4v) is 1.13. The highest BCUT2D eigenvalue weighted by atomic mass is 16.6. The molecule has 0 aromatic carbocycles. The lowest BCUT2D eigenvalue weighted by molar-refractivity contribution is -0.131. The van der Waals surface area contributed by atoms with Crippen molar-refractivity contribution in [3.63, 3.8) is 0 Å². The number of hydrogen-bond acceptors (Lipinski definition) is 3. The third kappa shape index (κ3) is 4.94. The second-order valence-electron chi connectivity index (χ2n) is 4.61. The van der Waals surface area contributed by atoms with Crippen molar-refractivity contribution < 1.29 is 14.6 Å². The van der Waals surface area contributed by atoms with Crippen LogP contribution in [-0.4, -0.2) is 36.6 Å². The number of aliphatic hydroxyl groups is 1. The second kappa shape index (κ2) is 5.69. The number of hydrogen-bond donors (Lipinski definition) is 1. The summed E-state index contributed by atoms with van der Waals surface area (Å²) in [6.45, 7) is 8.51. The molecule has 0 aromatic heterocycles. The summed E-state index contributed by atoms with van der Waals surface area (Å²) in [6.07, 6.45) is 1.87. The minimum atomic E-state index is -0.426. The fourth-order valence-electron chi connectivity index (χ4n) is 1.13. The Balaban J connectivity index is 4.06. The molecule has 86 valence electrons. The van der Waals surface area contributed by atoms with Crippen LogP contribution in [0.4, 0.5) is 0 Å². The number of ether oxygens (including phenoxy) is 2. The molecule has 0 radical (unpaired) electrons. The standard InChI is InChI=1S/C11H24O3/c1-6-7-11(4,8-12)14-9-10(2,3)13-5/h12H,6-9H2,1-5H3. The molecule has 14 heavy (non-hydrogen) atoms. The van der Waals surface area contributed by atoms with E-state index in [-0.39, 0.29) is 12.2 Å². The molecule has 1 atom stereocenters. The molecule has 0 fully saturated rings. The Bertz CT molecular complexity index is 157. The van der Waals surface area contributed by atoms with Crippen molar-refractivity contribution in [2.75, 3.05) is 20.3 Å².